The number of nitrogens with one attached hydrogen (secondary N) is 2. The topological polar surface area (TPSA) is 61.8 Å². The van der Waals surface area contributed by atoms with E-state index < -0.39 is 0 Å². The monoisotopic (exact) mass is 401 g/mol. The smallest absolute Gasteiger partial charge is 0.191 e. The van der Waals surface area contributed by atoms with Crippen LogP contribution in [-0.4, -0.2) is 51.3 Å². The number of thiazole rings is 1. The Bertz CT molecular complexity index is 776. The van der Waals surface area contributed by atoms with Crippen molar-refractivity contribution in [1.82, 2.24) is 15.6 Å². The SMILES string of the molecule is CCc1cnc(CCNC(=NC)NCC2CCN(c3cccc(OC)c3)C2)s1. The van der Waals surface area contributed by atoms with Crippen LogP contribution in [0.3, 0.4) is 0 Å². The predicted molar refractivity (Wildman–Crippen MR) is 118 cm³/mol. The van der Waals surface area contributed by atoms with Gasteiger partial charge in [-0.2, -0.15) is 0 Å². The lowest BCUT2D eigenvalue weighted by atomic mass is 10.1. The molecule has 2 N–H and O–H groups in total. The number of guanidine groups is 1. The largest absolute Gasteiger partial charge is 0.497 e. The molecule has 1 saturated heterocycles. The molecule has 0 bridgehead atoms. The summed E-state index contributed by atoms with van der Waals surface area (Å²) in [5.74, 6) is 2.39. The predicted octanol–water partition coefficient (Wildman–Crippen LogP) is 2.95. The van der Waals surface area contributed by atoms with E-state index in [1.807, 2.05) is 19.3 Å². The van der Waals surface area contributed by atoms with Gasteiger partial charge in [-0.05, 0) is 30.9 Å². The van der Waals surface area contributed by atoms with E-state index in [0.29, 0.717) is 5.92 Å². The number of ether oxygens (including phenoxy) is 1. The Morgan fingerprint density at radius 3 is 3.04 bits per heavy atom. The highest BCUT2D eigenvalue weighted by molar-refractivity contribution is 7.11. The van der Waals surface area contributed by atoms with E-state index in [0.717, 1.165) is 50.7 Å². The molecule has 1 aliphatic rings. The normalized spacial score (nSPS) is 17.0. The van der Waals surface area contributed by atoms with E-state index in [2.05, 4.69) is 50.6 Å². The molecule has 2 heterocycles. The first-order valence-electron chi connectivity index (χ1n) is 9.99. The third-order valence-corrected chi connectivity index (χ3v) is 6.27. The van der Waals surface area contributed by atoms with Crippen LogP contribution in [0.25, 0.3) is 0 Å². The van der Waals surface area contributed by atoms with Gasteiger partial charge in [-0.1, -0.05) is 13.0 Å². The molecule has 1 fully saturated rings. The van der Waals surface area contributed by atoms with E-state index >= 15 is 0 Å². The summed E-state index contributed by atoms with van der Waals surface area (Å²) in [4.78, 5) is 12.6. The minimum atomic E-state index is 0.607. The van der Waals surface area contributed by atoms with Gasteiger partial charge in [0.2, 0.25) is 0 Å². The van der Waals surface area contributed by atoms with Crippen molar-refractivity contribution in [2.75, 3.05) is 45.2 Å². The standard InChI is InChI=1S/C21H31N5OS/c1-4-19-14-24-20(28-19)8-10-23-21(22-2)25-13-16-9-11-26(15-16)17-6-5-7-18(12-17)27-3/h5-7,12,14,16H,4,8-11,13,15H2,1-3H3,(H2,22,23,25). The molecule has 0 saturated carbocycles. The average Bonchev–Trinajstić information content (AvgIpc) is 3.40. The van der Waals surface area contributed by atoms with Gasteiger partial charge in [-0.15, -0.1) is 11.3 Å². The number of aryl methyl sites for hydroxylation is 1. The summed E-state index contributed by atoms with van der Waals surface area (Å²) in [7, 11) is 3.54. The highest BCUT2D eigenvalue weighted by Crippen LogP contribution is 2.26. The maximum atomic E-state index is 5.35. The summed E-state index contributed by atoms with van der Waals surface area (Å²) in [5.41, 5.74) is 1.24. The first-order chi connectivity index (χ1) is 13.7. The molecule has 28 heavy (non-hydrogen) atoms. The zero-order valence-corrected chi connectivity index (χ0v) is 17.9. The maximum absolute atomic E-state index is 5.35. The quantitative estimate of drug-likeness (QED) is 0.526. The van der Waals surface area contributed by atoms with E-state index in [9.17, 15) is 0 Å². The fourth-order valence-corrected chi connectivity index (χ4v) is 4.28. The van der Waals surface area contributed by atoms with Gasteiger partial charge in [0.25, 0.3) is 0 Å². The van der Waals surface area contributed by atoms with Crippen molar-refractivity contribution < 1.29 is 4.74 Å². The summed E-state index contributed by atoms with van der Waals surface area (Å²) in [6.45, 7) is 6.07. The summed E-state index contributed by atoms with van der Waals surface area (Å²) in [6.07, 6.45) is 5.16. The second-order valence-corrected chi connectivity index (χ2v) is 8.21. The van der Waals surface area contributed by atoms with Crippen LogP contribution < -0.4 is 20.3 Å². The first kappa shape index (κ1) is 20.5. The lowest BCUT2D eigenvalue weighted by Gasteiger charge is -2.20. The fourth-order valence-electron chi connectivity index (χ4n) is 3.42. The third kappa shape index (κ3) is 5.61. The molecular weight excluding hydrogens is 370 g/mol. The second-order valence-electron chi connectivity index (χ2n) is 7.01. The van der Waals surface area contributed by atoms with Crippen molar-refractivity contribution in [2.45, 2.75) is 26.2 Å². The van der Waals surface area contributed by atoms with Crippen molar-refractivity contribution in [1.29, 1.82) is 0 Å². The van der Waals surface area contributed by atoms with Crippen LogP contribution in [0, 0.1) is 5.92 Å². The van der Waals surface area contributed by atoms with Gasteiger partial charge >= 0.3 is 0 Å². The Hall–Kier alpha value is -2.28. The molecule has 0 aliphatic carbocycles. The van der Waals surface area contributed by atoms with E-state index in [1.165, 1.54) is 22.0 Å². The van der Waals surface area contributed by atoms with Gasteiger partial charge in [-0.25, -0.2) is 4.98 Å². The Morgan fingerprint density at radius 1 is 1.39 bits per heavy atom. The molecule has 3 rings (SSSR count). The van der Waals surface area contributed by atoms with Crippen LogP contribution >= 0.6 is 11.3 Å². The molecular formula is C21H31N5OS. The van der Waals surface area contributed by atoms with Crippen LogP contribution in [0.2, 0.25) is 0 Å². The average molecular weight is 402 g/mol. The zero-order chi connectivity index (χ0) is 19.8. The number of methoxy groups -OCH3 is 1. The van der Waals surface area contributed by atoms with Crippen LogP contribution in [0.15, 0.2) is 35.5 Å². The maximum Gasteiger partial charge on any atom is 0.191 e. The minimum Gasteiger partial charge on any atom is -0.497 e. The molecule has 1 aliphatic heterocycles. The summed E-state index contributed by atoms with van der Waals surface area (Å²) >= 11 is 1.80. The lowest BCUT2D eigenvalue weighted by molar-refractivity contribution is 0.415. The first-order valence-corrected chi connectivity index (χ1v) is 10.8. The number of aliphatic imine (C=N–C) groups is 1. The minimum absolute atomic E-state index is 0.607. The van der Waals surface area contributed by atoms with Crippen molar-refractivity contribution >= 4 is 23.0 Å². The molecule has 7 heteroatoms. The molecule has 0 radical (unpaired) electrons. The molecule has 1 unspecified atom stereocenters. The molecule has 152 valence electrons. The van der Waals surface area contributed by atoms with Crippen molar-refractivity contribution in [3.8, 4) is 5.75 Å². The molecule has 1 aromatic carbocycles. The molecule has 0 amide bonds. The van der Waals surface area contributed by atoms with E-state index in [1.54, 1.807) is 18.4 Å². The number of aromatic nitrogens is 1. The summed E-state index contributed by atoms with van der Waals surface area (Å²) in [6, 6.07) is 8.31. The van der Waals surface area contributed by atoms with Gasteiger partial charge in [0.1, 0.15) is 5.75 Å². The van der Waals surface area contributed by atoms with Crippen LogP contribution in [0.1, 0.15) is 23.2 Å². The van der Waals surface area contributed by atoms with Crippen LogP contribution in [0.5, 0.6) is 5.75 Å². The summed E-state index contributed by atoms with van der Waals surface area (Å²) in [5, 5.41) is 8.07. The number of anilines is 1. The fraction of sp³-hybridized carbons (Fsp3) is 0.524. The lowest BCUT2D eigenvalue weighted by Crippen LogP contribution is -2.41. The van der Waals surface area contributed by atoms with Gasteiger partial charge in [0.05, 0.1) is 12.1 Å². The Balaban J connectivity index is 1.40. The number of benzene rings is 1. The summed E-state index contributed by atoms with van der Waals surface area (Å²) < 4.78 is 5.35. The Kier molecular flexibility index (Phi) is 7.54. The zero-order valence-electron chi connectivity index (χ0n) is 17.1. The molecule has 2 aromatic rings. The van der Waals surface area contributed by atoms with Crippen LogP contribution in [0.4, 0.5) is 5.69 Å². The number of hydrogen-bond acceptors (Lipinski definition) is 5. The molecule has 1 aromatic heterocycles. The Labute approximate surface area is 172 Å². The number of hydrogen-bond donors (Lipinski definition) is 2. The number of nitrogens with zero attached hydrogens (tertiary/aromatic N) is 3. The number of rotatable bonds is 8. The van der Waals surface area contributed by atoms with Crippen LogP contribution in [-0.2, 0) is 12.8 Å². The van der Waals surface area contributed by atoms with Gasteiger partial charge in [0.15, 0.2) is 5.96 Å². The van der Waals surface area contributed by atoms with Crippen molar-refractivity contribution in [3.63, 3.8) is 0 Å². The van der Waals surface area contributed by atoms with Gasteiger partial charge in [0, 0.05) is 62.5 Å². The Morgan fingerprint density at radius 2 is 2.29 bits per heavy atom. The van der Waals surface area contributed by atoms with E-state index in [4.69, 9.17) is 4.74 Å². The highest BCUT2D eigenvalue weighted by atomic mass is 32.1. The molecule has 1 atom stereocenters. The molecule has 6 nitrogen and oxygen atoms in total. The van der Waals surface area contributed by atoms with Gasteiger partial charge in [-0.3, -0.25) is 4.99 Å². The van der Waals surface area contributed by atoms with E-state index in [-0.39, 0.29) is 0 Å². The highest BCUT2D eigenvalue weighted by Gasteiger charge is 2.23. The van der Waals surface area contributed by atoms with Gasteiger partial charge < -0.3 is 20.3 Å². The third-order valence-electron chi connectivity index (χ3n) is 5.07. The molecule has 0 spiro atoms. The van der Waals surface area contributed by atoms with Crippen molar-refractivity contribution in [3.05, 3.63) is 40.3 Å². The second kappa shape index (κ2) is 10.3. The van der Waals surface area contributed by atoms with Crippen molar-refractivity contribution in [2.24, 2.45) is 10.9 Å².